The lowest BCUT2D eigenvalue weighted by atomic mass is 10.0. The molecule has 0 radical (unpaired) electrons. The molecule has 1 aliphatic heterocycles. The lowest BCUT2D eigenvalue weighted by Gasteiger charge is -2.26. The van der Waals surface area contributed by atoms with E-state index >= 15 is 0 Å². The zero-order valence-corrected chi connectivity index (χ0v) is 18.4. The van der Waals surface area contributed by atoms with Crippen molar-refractivity contribution < 1.29 is 28.8 Å². The predicted molar refractivity (Wildman–Crippen MR) is 119 cm³/mol. The molecule has 0 aliphatic carbocycles. The van der Waals surface area contributed by atoms with E-state index in [1.54, 1.807) is 32.0 Å². The summed E-state index contributed by atoms with van der Waals surface area (Å²) in [5.74, 6) is -1.16. The Morgan fingerprint density at radius 3 is 2.65 bits per heavy atom. The number of carbonyl (C=O) groups is 2. The topological polar surface area (TPSA) is 123 Å². The Morgan fingerprint density at radius 2 is 2.06 bits per heavy atom. The molecule has 1 aliphatic rings. The molecule has 1 N–H and O–H groups in total. The average molecular weight is 463 g/mol. The number of carboxylic acids is 1. The minimum Gasteiger partial charge on any atom is -0.497 e. The molecule has 1 atom stereocenters. The van der Waals surface area contributed by atoms with Gasteiger partial charge in [0.1, 0.15) is 27.6 Å². The SMILES string of the molecule is COc1ccc(-c2ccc(/C=C3\SC(=S)N([C@@H](C(=O)O)C(C)C)C3=O)o2)c([N+](=O)[O-])c1. The van der Waals surface area contributed by atoms with Crippen LogP contribution in [0.4, 0.5) is 5.69 Å². The molecule has 1 amide bonds. The standard InChI is InChI=1S/C20H18N2O7S2/c1-10(2)17(19(24)25)21-18(23)16(31-20(21)30)9-12-5-7-15(29-12)13-6-4-11(28-3)8-14(13)22(26)27/h4-10,17H,1-3H3,(H,24,25)/b16-9-/t17-/m1/s1. The van der Waals surface area contributed by atoms with Crippen molar-refractivity contribution in [3.8, 4) is 17.1 Å². The maximum atomic E-state index is 12.8. The second-order valence-corrected chi connectivity index (χ2v) is 8.60. The van der Waals surface area contributed by atoms with Crippen molar-refractivity contribution in [2.45, 2.75) is 19.9 Å². The number of methoxy groups -OCH3 is 1. The van der Waals surface area contributed by atoms with Crippen LogP contribution < -0.4 is 4.74 Å². The number of carboxylic acid groups (broad SMARTS) is 1. The molecule has 0 saturated carbocycles. The number of furan rings is 1. The molecule has 2 heterocycles. The number of amides is 1. The highest BCUT2D eigenvalue weighted by Crippen LogP contribution is 2.38. The Balaban J connectivity index is 1.93. The highest BCUT2D eigenvalue weighted by Gasteiger charge is 2.42. The number of rotatable bonds is 7. The summed E-state index contributed by atoms with van der Waals surface area (Å²) in [7, 11) is 1.41. The van der Waals surface area contributed by atoms with E-state index in [0.29, 0.717) is 5.75 Å². The van der Waals surface area contributed by atoms with E-state index in [1.165, 1.54) is 25.3 Å². The number of benzene rings is 1. The van der Waals surface area contributed by atoms with Gasteiger partial charge in [-0.05, 0) is 30.2 Å². The van der Waals surface area contributed by atoms with Gasteiger partial charge in [0.2, 0.25) is 0 Å². The highest BCUT2D eigenvalue weighted by molar-refractivity contribution is 8.26. The molecule has 1 saturated heterocycles. The number of carbonyl (C=O) groups excluding carboxylic acids is 1. The molecule has 2 aromatic rings. The Morgan fingerprint density at radius 1 is 1.35 bits per heavy atom. The molecule has 9 nitrogen and oxygen atoms in total. The smallest absolute Gasteiger partial charge is 0.327 e. The minimum atomic E-state index is -1.14. The second-order valence-electron chi connectivity index (χ2n) is 6.92. The van der Waals surface area contributed by atoms with Gasteiger partial charge < -0.3 is 14.3 Å². The zero-order chi connectivity index (χ0) is 22.9. The van der Waals surface area contributed by atoms with Crippen LogP contribution in [0.2, 0.25) is 0 Å². The van der Waals surface area contributed by atoms with Gasteiger partial charge in [0.05, 0.1) is 28.6 Å². The number of nitrogens with zero attached hydrogens (tertiary/aromatic N) is 2. The largest absolute Gasteiger partial charge is 0.497 e. The molecule has 31 heavy (non-hydrogen) atoms. The number of thiocarbonyl (C=S) groups is 1. The highest BCUT2D eigenvalue weighted by atomic mass is 32.2. The molecular formula is C20H18N2O7S2. The van der Waals surface area contributed by atoms with Gasteiger partial charge in [0, 0.05) is 6.08 Å². The summed E-state index contributed by atoms with van der Waals surface area (Å²) >= 11 is 6.20. The Labute approximate surface area is 186 Å². The molecule has 3 rings (SSSR count). The molecule has 1 aromatic carbocycles. The fourth-order valence-electron chi connectivity index (χ4n) is 3.12. The van der Waals surface area contributed by atoms with Crippen molar-refractivity contribution in [3.05, 3.63) is 51.1 Å². The molecule has 0 bridgehead atoms. The van der Waals surface area contributed by atoms with Gasteiger partial charge in [0.25, 0.3) is 11.6 Å². The van der Waals surface area contributed by atoms with Crippen molar-refractivity contribution in [2.24, 2.45) is 5.92 Å². The molecule has 1 aromatic heterocycles. The number of aliphatic carboxylic acids is 1. The first-order valence-electron chi connectivity index (χ1n) is 9.06. The molecule has 1 fully saturated rings. The lowest BCUT2D eigenvalue weighted by molar-refractivity contribution is -0.384. The molecule has 162 valence electrons. The van der Waals surface area contributed by atoms with Crippen LogP contribution in [-0.4, -0.2) is 44.3 Å². The van der Waals surface area contributed by atoms with Crippen molar-refractivity contribution in [2.75, 3.05) is 7.11 Å². The quantitative estimate of drug-likeness (QED) is 0.279. The monoisotopic (exact) mass is 462 g/mol. The van der Waals surface area contributed by atoms with Crippen LogP contribution >= 0.6 is 24.0 Å². The van der Waals surface area contributed by atoms with Crippen molar-refractivity contribution in [1.29, 1.82) is 0 Å². The van der Waals surface area contributed by atoms with E-state index in [1.807, 2.05) is 0 Å². The third-order valence-electron chi connectivity index (χ3n) is 4.55. The third kappa shape index (κ3) is 4.47. The first-order chi connectivity index (χ1) is 14.6. The van der Waals surface area contributed by atoms with Crippen LogP contribution in [0, 0.1) is 16.0 Å². The fraction of sp³-hybridized carbons (Fsp3) is 0.250. The molecule has 11 heteroatoms. The van der Waals surface area contributed by atoms with Crippen molar-refractivity contribution in [1.82, 2.24) is 4.90 Å². The van der Waals surface area contributed by atoms with E-state index < -0.39 is 22.8 Å². The summed E-state index contributed by atoms with van der Waals surface area (Å²) in [5, 5.41) is 20.9. The Bertz CT molecular complexity index is 1110. The summed E-state index contributed by atoms with van der Waals surface area (Å²) in [5.41, 5.74) is 0.0663. The zero-order valence-electron chi connectivity index (χ0n) is 16.7. The van der Waals surface area contributed by atoms with Crippen LogP contribution in [0.3, 0.4) is 0 Å². The van der Waals surface area contributed by atoms with E-state index in [9.17, 15) is 24.8 Å². The summed E-state index contributed by atoms with van der Waals surface area (Å²) in [6.45, 7) is 3.39. The maximum absolute atomic E-state index is 12.8. The minimum absolute atomic E-state index is 0.148. The predicted octanol–water partition coefficient (Wildman–Crippen LogP) is 4.17. The second kappa shape index (κ2) is 8.90. The van der Waals surface area contributed by atoms with Gasteiger partial charge in [-0.15, -0.1) is 0 Å². The van der Waals surface area contributed by atoms with Crippen molar-refractivity contribution >= 4 is 51.9 Å². The number of ether oxygens (including phenoxy) is 1. The van der Waals surface area contributed by atoms with Crippen LogP contribution in [0.15, 0.2) is 39.7 Å². The third-order valence-corrected chi connectivity index (χ3v) is 5.88. The van der Waals surface area contributed by atoms with Crippen molar-refractivity contribution in [3.63, 3.8) is 0 Å². The van der Waals surface area contributed by atoms with E-state index in [-0.39, 0.29) is 37.9 Å². The van der Waals surface area contributed by atoms with Crippen LogP contribution in [-0.2, 0) is 9.59 Å². The normalized spacial score (nSPS) is 16.3. The van der Waals surface area contributed by atoms with Gasteiger partial charge in [0.15, 0.2) is 0 Å². The first-order valence-corrected chi connectivity index (χ1v) is 10.3. The summed E-state index contributed by atoms with van der Waals surface area (Å²) in [4.78, 5) is 36.6. The van der Waals surface area contributed by atoms with Crippen LogP contribution in [0.1, 0.15) is 19.6 Å². The van der Waals surface area contributed by atoms with E-state index in [0.717, 1.165) is 16.7 Å². The first kappa shape index (κ1) is 22.5. The van der Waals surface area contributed by atoms with Crippen LogP contribution in [0.25, 0.3) is 17.4 Å². The summed E-state index contributed by atoms with van der Waals surface area (Å²) in [6, 6.07) is 6.42. The number of hydrogen-bond donors (Lipinski definition) is 1. The average Bonchev–Trinajstić information content (AvgIpc) is 3.27. The fourth-order valence-corrected chi connectivity index (χ4v) is 4.43. The van der Waals surface area contributed by atoms with Crippen LogP contribution in [0.5, 0.6) is 5.75 Å². The molecule has 0 unspecified atom stereocenters. The van der Waals surface area contributed by atoms with Gasteiger partial charge in [-0.25, -0.2) is 4.79 Å². The summed E-state index contributed by atoms with van der Waals surface area (Å²) in [6.07, 6.45) is 1.44. The number of nitro groups is 1. The number of nitro benzene ring substituents is 1. The molecular weight excluding hydrogens is 444 g/mol. The number of thioether (sulfide) groups is 1. The van der Waals surface area contributed by atoms with Gasteiger partial charge in [-0.3, -0.25) is 19.8 Å². The van der Waals surface area contributed by atoms with Gasteiger partial charge in [-0.1, -0.05) is 37.8 Å². The maximum Gasteiger partial charge on any atom is 0.327 e. The summed E-state index contributed by atoms with van der Waals surface area (Å²) < 4.78 is 10.9. The van der Waals surface area contributed by atoms with Gasteiger partial charge in [-0.2, -0.15) is 0 Å². The van der Waals surface area contributed by atoms with Gasteiger partial charge >= 0.3 is 5.97 Å². The molecule has 0 spiro atoms. The van der Waals surface area contributed by atoms with E-state index in [4.69, 9.17) is 21.4 Å². The Hall–Kier alpha value is -3.18. The Kier molecular flexibility index (Phi) is 6.46. The number of hydrogen-bond acceptors (Lipinski definition) is 8. The van der Waals surface area contributed by atoms with E-state index in [2.05, 4.69) is 0 Å². The lowest BCUT2D eigenvalue weighted by Crippen LogP contribution is -2.47.